The average molecular weight is 1010 g/mol. The zero-order valence-corrected chi connectivity index (χ0v) is 41.9. The highest BCUT2D eigenvalue weighted by Gasteiger charge is 2.42. The van der Waals surface area contributed by atoms with Crippen LogP contribution in [0.5, 0.6) is 17.2 Å². The maximum Gasteiger partial charge on any atom is 0.410 e. The van der Waals surface area contributed by atoms with E-state index < -0.39 is 47.1 Å². The molecule has 5 aromatic carbocycles. The zero-order valence-electron chi connectivity index (χ0n) is 39.4. The van der Waals surface area contributed by atoms with Gasteiger partial charge in [-0.1, -0.05) is 65.9 Å². The number of amides is 1. The molecular formula is C48H54N10O9S3. The number of nitrogen functional groups attached to an aromatic ring is 1. The minimum Gasteiger partial charge on any atom is -0.497 e. The Bertz CT molecular complexity index is 3180. The third-order valence-corrected chi connectivity index (χ3v) is 15.9. The van der Waals surface area contributed by atoms with Crippen LogP contribution in [0.1, 0.15) is 43.9 Å². The van der Waals surface area contributed by atoms with Crippen molar-refractivity contribution in [3.63, 3.8) is 0 Å². The lowest BCUT2D eigenvalue weighted by molar-refractivity contribution is 0.0285. The van der Waals surface area contributed by atoms with Crippen molar-refractivity contribution in [1.82, 2.24) is 39.1 Å². The fourth-order valence-corrected chi connectivity index (χ4v) is 12.3. The molecule has 3 heterocycles. The van der Waals surface area contributed by atoms with Crippen LogP contribution in [0.4, 0.5) is 9.93 Å². The minimum atomic E-state index is -4.97. The number of likely N-dealkylation sites (tertiary alicyclic amines) is 1. The summed E-state index contributed by atoms with van der Waals surface area (Å²) in [6.07, 6.45) is -0.363. The molecule has 19 nitrogen and oxygen atoms in total. The highest BCUT2D eigenvalue weighted by Crippen LogP contribution is 2.44. The Labute approximate surface area is 410 Å². The number of ether oxygens (including phenoxy) is 4. The number of para-hydroxylation sites is 1. The molecule has 7 aromatic rings. The van der Waals surface area contributed by atoms with E-state index in [1.807, 2.05) is 18.2 Å². The molecule has 0 spiro atoms. The lowest BCUT2D eigenvalue weighted by atomic mass is 9.98. The average Bonchev–Trinajstić information content (AvgIpc) is 4.08. The molecule has 0 unspecified atom stereocenters. The first-order valence-electron chi connectivity index (χ1n) is 22.0. The Morgan fingerprint density at radius 2 is 1.40 bits per heavy atom. The molecule has 1 atom stereocenters. The lowest BCUT2D eigenvalue weighted by Gasteiger charge is -2.28. The number of thiazole rings is 1. The van der Waals surface area contributed by atoms with Gasteiger partial charge in [-0.05, 0) is 103 Å². The van der Waals surface area contributed by atoms with E-state index in [2.05, 4.69) is 20.0 Å². The topological polar surface area (TPSA) is 249 Å². The van der Waals surface area contributed by atoms with Crippen molar-refractivity contribution in [2.45, 2.75) is 67.8 Å². The smallest absolute Gasteiger partial charge is 0.410 e. The fraction of sp³-hybridized carbons (Fsp3) is 0.312. The molecule has 22 heteroatoms. The second-order valence-corrected chi connectivity index (χ2v) is 22.5. The number of hydrogen-bond acceptors (Lipinski definition) is 16. The van der Waals surface area contributed by atoms with Crippen molar-refractivity contribution < 1.29 is 40.6 Å². The van der Waals surface area contributed by atoms with Gasteiger partial charge in [0.15, 0.2) is 5.13 Å². The van der Waals surface area contributed by atoms with Gasteiger partial charge in [0.05, 0.1) is 43.7 Å². The van der Waals surface area contributed by atoms with E-state index in [-0.39, 0.29) is 67.8 Å². The monoisotopic (exact) mass is 1010 g/mol. The predicted octanol–water partition coefficient (Wildman–Crippen LogP) is 6.28. The quantitative estimate of drug-likeness (QED) is 0.0908. The third-order valence-electron chi connectivity index (χ3n) is 11.6. The maximum absolute atomic E-state index is 16.2. The number of sulfonamides is 2. The maximum atomic E-state index is 16.2. The molecule has 0 aliphatic carbocycles. The van der Waals surface area contributed by atoms with E-state index in [9.17, 15) is 4.79 Å². The number of carbonyl (C=O) groups excluding carboxylic acids is 1. The molecule has 0 saturated carbocycles. The van der Waals surface area contributed by atoms with Crippen LogP contribution in [-0.4, -0.2) is 109 Å². The van der Waals surface area contributed by atoms with Crippen LogP contribution in [0, 0.1) is 0 Å². The van der Waals surface area contributed by atoms with E-state index in [0.29, 0.717) is 44.2 Å². The summed E-state index contributed by atoms with van der Waals surface area (Å²) >= 11 is 1.24. The van der Waals surface area contributed by atoms with Crippen LogP contribution < -0.4 is 30.4 Å². The Morgan fingerprint density at radius 3 is 1.97 bits per heavy atom. The molecule has 0 bridgehead atoms. The number of nitrogens with two attached hydrogens (primary N) is 2. The van der Waals surface area contributed by atoms with Crippen molar-refractivity contribution in [2.75, 3.05) is 46.7 Å². The van der Waals surface area contributed by atoms with Crippen molar-refractivity contribution in [2.24, 2.45) is 5.73 Å². The minimum absolute atomic E-state index is 0.0285. The van der Waals surface area contributed by atoms with Gasteiger partial charge in [-0.25, -0.2) is 31.3 Å². The van der Waals surface area contributed by atoms with Crippen molar-refractivity contribution in [1.29, 1.82) is 0 Å². The van der Waals surface area contributed by atoms with Gasteiger partial charge in [0.25, 0.3) is 0 Å². The van der Waals surface area contributed by atoms with Gasteiger partial charge in [-0.2, -0.15) is 9.10 Å². The lowest BCUT2D eigenvalue weighted by Crippen LogP contribution is -2.52. The van der Waals surface area contributed by atoms with Crippen molar-refractivity contribution in [3.8, 4) is 39.8 Å². The summed E-state index contributed by atoms with van der Waals surface area (Å²) in [4.78, 5) is 19.1. The Morgan fingerprint density at radius 1 is 0.814 bits per heavy atom. The second kappa shape index (κ2) is 20.0. The normalized spacial score (nSPS) is 15.4. The second-order valence-electron chi connectivity index (χ2n) is 17.8. The summed E-state index contributed by atoms with van der Waals surface area (Å²) < 4.78 is 88.9. The van der Waals surface area contributed by atoms with Crippen LogP contribution in [0.15, 0.2) is 113 Å². The van der Waals surface area contributed by atoms with Crippen LogP contribution in [0.25, 0.3) is 32.7 Å². The number of anilines is 1. The number of aromatic nitrogens is 5. The summed E-state index contributed by atoms with van der Waals surface area (Å²) in [7, 11) is -5.17. The predicted molar refractivity (Wildman–Crippen MR) is 265 cm³/mol. The number of carbonyl (C=O) groups is 1. The number of benzene rings is 5. The van der Waals surface area contributed by atoms with Crippen LogP contribution in [0.3, 0.4) is 0 Å². The molecule has 0 radical (unpaired) electrons. The number of methoxy groups -OCH3 is 3. The van der Waals surface area contributed by atoms with Gasteiger partial charge in [-0.15, -0.1) is 10.2 Å². The van der Waals surface area contributed by atoms with Crippen LogP contribution >= 0.6 is 11.3 Å². The molecule has 1 amide bonds. The van der Waals surface area contributed by atoms with Gasteiger partial charge in [0, 0.05) is 43.8 Å². The summed E-state index contributed by atoms with van der Waals surface area (Å²) in [6, 6.07) is 29.1. The van der Waals surface area contributed by atoms with Crippen molar-refractivity contribution >= 4 is 52.8 Å². The molecular weight excluding hydrogens is 957 g/mol. The van der Waals surface area contributed by atoms with E-state index in [1.165, 1.54) is 51.7 Å². The zero-order chi connectivity index (χ0) is 50.0. The van der Waals surface area contributed by atoms with Crippen LogP contribution in [0.2, 0.25) is 0 Å². The molecule has 2 aromatic heterocycles. The Balaban J connectivity index is 1.33. The van der Waals surface area contributed by atoms with E-state index in [0.717, 1.165) is 5.56 Å². The van der Waals surface area contributed by atoms with E-state index >= 15 is 16.8 Å². The third kappa shape index (κ3) is 11.0. The first-order chi connectivity index (χ1) is 33.3. The van der Waals surface area contributed by atoms with Crippen molar-refractivity contribution in [3.05, 3.63) is 120 Å². The largest absolute Gasteiger partial charge is 0.497 e. The van der Waals surface area contributed by atoms with Gasteiger partial charge in [-0.3, -0.25) is 0 Å². The van der Waals surface area contributed by atoms with Gasteiger partial charge >= 0.3 is 6.09 Å². The summed E-state index contributed by atoms with van der Waals surface area (Å²) in [5.41, 5.74) is 13.9. The Hall–Kier alpha value is -6.69. The summed E-state index contributed by atoms with van der Waals surface area (Å²) in [6.45, 7) is 4.75. The highest BCUT2D eigenvalue weighted by atomic mass is 32.2. The number of nitrogens with zero attached hydrogens (tertiary/aromatic N) is 7. The molecule has 5 N–H and O–H groups in total. The SMILES string of the molecule is COc1ccc(CN(Cc2ccc(OC)cc2)S(=O)(=O)c2c(S(=O)(=O)NC[C@]3(N)CCN(C(=O)OC(C)(C)C)C3)ccc(-c3cccc4sc(N)nc34)c2-c2nnn(Cc3ccc(OC)cc3)n2)cc1. The van der Waals surface area contributed by atoms with Crippen LogP contribution in [-0.2, 0) is 44.4 Å². The van der Waals surface area contributed by atoms with Gasteiger partial charge in [0.1, 0.15) is 32.6 Å². The molecule has 8 rings (SSSR count). The molecule has 70 heavy (non-hydrogen) atoms. The summed E-state index contributed by atoms with van der Waals surface area (Å²) in [5, 5.41) is 13.8. The number of nitrogens with one attached hydrogen (secondary N) is 1. The highest BCUT2D eigenvalue weighted by molar-refractivity contribution is 7.92. The first kappa shape index (κ1) is 49.7. The molecule has 1 aliphatic heterocycles. The van der Waals surface area contributed by atoms with E-state index in [1.54, 1.807) is 101 Å². The number of rotatable bonds is 17. The number of hydrogen-bond donors (Lipinski definition) is 3. The molecule has 1 saturated heterocycles. The standard InChI is InChI=1S/C48H54N10O9S3/c1-47(2,3)67-46(59)56-25-24-48(50,30-56)29-51-69(60,61)40-23-22-37(38-8-7-9-39-42(38)52-45(49)68-39)41(44-53-55-58(54-44)28-33-14-20-36(66-6)21-15-33)43(40)70(62,63)57(26-31-10-16-34(64-4)17-11-31)27-32-12-18-35(65-5)19-13-32/h7-23,51H,24-30,50H2,1-6H3,(H2,49,52)/t48-/m1/s1. The first-order valence-corrected chi connectivity index (χ1v) is 25.8. The van der Waals surface area contributed by atoms with Gasteiger partial charge < -0.3 is 35.3 Å². The fourth-order valence-electron chi connectivity index (χ4n) is 8.03. The van der Waals surface area contributed by atoms with Gasteiger partial charge in [0.2, 0.25) is 25.9 Å². The Kier molecular flexibility index (Phi) is 14.2. The number of fused-ring (bicyclic) bond motifs is 1. The molecule has 368 valence electrons. The van der Waals surface area contributed by atoms with E-state index in [4.69, 9.17) is 35.5 Å². The summed E-state index contributed by atoms with van der Waals surface area (Å²) in [5.74, 6) is 1.56. The molecule has 1 aliphatic rings. The number of tetrazole rings is 1. The molecule has 1 fully saturated rings.